The monoisotopic (exact) mass is 340 g/mol. The maximum Gasteiger partial charge on any atom is 0.238 e. The fourth-order valence-electron chi connectivity index (χ4n) is 2.84. The molecule has 0 atom stereocenters. The molecule has 0 bridgehead atoms. The molecule has 5 heteroatoms. The van der Waals surface area contributed by atoms with Crippen LogP contribution in [0, 0.1) is 0 Å². The normalized spacial score (nSPS) is 15.1. The van der Waals surface area contributed by atoms with E-state index in [9.17, 15) is 4.79 Å². The number of ether oxygens (including phenoxy) is 1. The Morgan fingerprint density at radius 2 is 1.74 bits per heavy atom. The van der Waals surface area contributed by atoms with E-state index in [2.05, 4.69) is 24.1 Å². The lowest BCUT2D eigenvalue weighted by atomic mass is 9.98. The zero-order valence-electron chi connectivity index (χ0n) is 14.2. The number of hydrogen-bond donors (Lipinski definition) is 1. The van der Waals surface area contributed by atoms with Crippen LogP contribution >= 0.6 is 12.4 Å². The molecule has 0 heterocycles. The minimum atomic E-state index is 0. The Bertz CT molecular complexity index is 455. The summed E-state index contributed by atoms with van der Waals surface area (Å²) in [6, 6.07) is 7.72. The van der Waals surface area contributed by atoms with E-state index < -0.39 is 0 Å². The molecule has 2 rings (SSSR count). The maximum absolute atomic E-state index is 12.0. The summed E-state index contributed by atoms with van der Waals surface area (Å²) in [5.41, 5.74) is 0.827. The summed E-state index contributed by atoms with van der Waals surface area (Å²) in [6.07, 6.45) is 6.54. The van der Waals surface area contributed by atoms with Crippen molar-refractivity contribution < 1.29 is 9.53 Å². The smallest absolute Gasteiger partial charge is 0.238 e. The number of nitrogens with zero attached hydrogens (tertiary/aromatic N) is 1. The van der Waals surface area contributed by atoms with Crippen molar-refractivity contribution in [3.63, 3.8) is 0 Å². The van der Waals surface area contributed by atoms with Crippen LogP contribution in [0.3, 0.4) is 0 Å². The summed E-state index contributed by atoms with van der Waals surface area (Å²) >= 11 is 0. The van der Waals surface area contributed by atoms with Crippen molar-refractivity contribution in [3.8, 4) is 5.75 Å². The van der Waals surface area contributed by atoms with Crippen molar-refractivity contribution in [2.45, 2.75) is 52.1 Å². The van der Waals surface area contributed by atoms with E-state index >= 15 is 0 Å². The van der Waals surface area contributed by atoms with Crippen LogP contribution in [0.5, 0.6) is 5.75 Å². The number of benzene rings is 1. The topological polar surface area (TPSA) is 41.6 Å². The van der Waals surface area contributed by atoms with E-state index in [0.717, 1.165) is 37.4 Å². The lowest BCUT2D eigenvalue weighted by Crippen LogP contribution is -2.32. The van der Waals surface area contributed by atoms with Crippen LogP contribution < -0.4 is 10.1 Å². The van der Waals surface area contributed by atoms with Crippen LogP contribution in [0.2, 0.25) is 0 Å². The second kappa shape index (κ2) is 10.5. The standard InChI is InChI=1S/C18H28N2O2.ClH/c1-3-20(4-2)14-18(21)19-15-10-12-17(13-11-15)22-16-8-6-5-7-9-16;/h10-13,16H,3-9,14H2,1-2H3,(H,19,21);1H. The van der Waals surface area contributed by atoms with E-state index in [1.807, 2.05) is 24.3 Å². The number of carbonyl (C=O) groups excluding carboxylic acids is 1. The van der Waals surface area contributed by atoms with Crippen LogP contribution in [0.4, 0.5) is 5.69 Å². The van der Waals surface area contributed by atoms with Gasteiger partial charge in [-0.05, 0) is 63.0 Å². The molecule has 0 spiro atoms. The molecule has 1 amide bonds. The van der Waals surface area contributed by atoms with Crippen molar-refractivity contribution in [3.05, 3.63) is 24.3 Å². The first-order chi connectivity index (χ1) is 10.7. The van der Waals surface area contributed by atoms with Crippen LogP contribution in [0.25, 0.3) is 0 Å². The molecule has 1 N–H and O–H groups in total. The molecule has 0 aliphatic heterocycles. The first kappa shape index (κ1) is 19.8. The summed E-state index contributed by atoms with van der Waals surface area (Å²) in [5, 5.41) is 2.94. The number of amides is 1. The predicted molar refractivity (Wildman–Crippen MR) is 97.6 cm³/mol. The van der Waals surface area contributed by atoms with Crippen LogP contribution in [0.15, 0.2) is 24.3 Å². The third kappa shape index (κ3) is 6.80. The van der Waals surface area contributed by atoms with Gasteiger partial charge in [0.05, 0.1) is 12.6 Å². The molecule has 1 aromatic carbocycles. The molecule has 1 fully saturated rings. The van der Waals surface area contributed by atoms with Crippen molar-refractivity contribution in [1.82, 2.24) is 4.90 Å². The number of halogens is 1. The molecular formula is C18H29ClN2O2. The maximum atomic E-state index is 12.0. The van der Waals surface area contributed by atoms with Crippen molar-refractivity contribution in [2.24, 2.45) is 0 Å². The molecule has 0 radical (unpaired) electrons. The van der Waals surface area contributed by atoms with E-state index in [0.29, 0.717) is 12.6 Å². The highest BCUT2D eigenvalue weighted by molar-refractivity contribution is 5.92. The van der Waals surface area contributed by atoms with Gasteiger partial charge in [-0.3, -0.25) is 9.69 Å². The Kier molecular flexibility index (Phi) is 9.03. The summed E-state index contributed by atoms with van der Waals surface area (Å²) in [4.78, 5) is 14.1. The second-order valence-corrected chi connectivity index (χ2v) is 5.91. The highest BCUT2D eigenvalue weighted by Gasteiger charge is 2.14. The molecule has 0 saturated heterocycles. The van der Waals surface area contributed by atoms with E-state index in [1.165, 1.54) is 19.3 Å². The second-order valence-electron chi connectivity index (χ2n) is 5.91. The Morgan fingerprint density at radius 1 is 1.13 bits per heavy atom. The minimum absolute atomic E-state index is 0. The molecule has 0 aromatic heterocycles. The van der Waals surface area contributed by atoms with Gasteiger partial charge in [-0.15, -0.1) is 12.4 Å². The molecule has 0 unspecified atom stereocenters. The fraction of sp³-hybridized carbons (Fsp3) is 0.611. The van der Waals surface area contributed by atoms with Gasteiger partial charge < -0.3 is 10.1 Å². The first-order valence-corrected chi connectivity index (χ1v) is 8.50. The van der Waals surface area contributed by atoms with Crippen molar-refractivity contribution in [2.75, 3.05) is 25.0 Å². The average molecular weight is 341 g/mol. The van der Waals surface area contributed by atoms with E-state index in [4.69, 9.17) is 4.74 Å². The largest absolute Gasteiger partial charge is 0.490 e. The molecule has 4 nitrogen and oxygen atoms in total. The van der Waals surface area contributed by atoms with E-state index in [1.54, 1.807) is 0 Å². The minimum Gasteiger partial charge on any atom is -0.490 e. The number of anilines is 1. The first-order valence-electron chi connectivity index (χ1n) is 8.50. The van der Waals surface area contributed by atoms with Gasteiger partial charge in [-0.25, -0.2) is 0 Å². The van der Waals surface area contributed by atoms with Crippen molar-refractivity contribution >= 4 is 24.0 Å². The number of nitrogens with one attached hydrogen (secondary N) is 1. The third-order valence-electron chi connectivity index (χ3n) is 4.25. The summed E-state index contributed by atoms with van der Waals surface area (Å²) in [5.74, 6) is 0.929. The zero-order chi connectivity index (χ0) is 15.8. The van der Waals surface area contributed by atoms with Gasteiger partial charge in [0.15, 0.2) is 0 Å². The predicted octanol–water partition coefficient (Wildman–Crippen LogP) is 4.10. The molecule has 1 aliphatic carbocycles. The van der Waals surface area contributed by atoms with Gasteiger partial charge in [0.25, 0.3) is 0 Å². The Hall–Kier alpha value is -1.26. The van der Waals surface area contributed by atoms with Gasteiger partial charge in [0.1, 0.15) is 5.75 Å². The number of carbonyl (C=O) groups is 1. The fourth-order valence-corrected chi connectivity index (χ4v) is 2.84. The van der Waals surface area contributed by atoms with Crippen LogP contribution in [0.1, 0.15) is 46.0 Å². The van der Waals surface area contributed by atoms with Gasteiger partial charge in [-0.2, -0.15) is 0 Å². The summed E-state index contributed by atoms with van der Waals surface area (Å²) in [7, 11) is 0. The summed E-state index contributed by atoms with van der Waals surface area (Å²) in [6.45, 7) is 6.34. The van der Waals surface area contributed by atoms with Crippen LogP contribution in [-0.2, 0) is 4.79 Å². The Morgan fingerprint density at radius 3 is 2.30 bits per heavy atom. The number of hydrogen-bond acceptors (Lipinski definition) is 3. The molecule has 1 aliphatic rings. The molecule has 23 heavy (non-hydrogen) atoms. The summed E-state index contributed by atoms with van der Waals surface area (Å²) < 4.78 is 5.99. The lowest BCUT2D eigenvalue weighted by molar-refractivity contribution is -0.117. The van der Waals surface area contributed by atoms with E-state index in [-0.39, 0.29) is 18.3 Å². The SMILES string of the molecule is CCN(CC)CC(=O)Nc1ccc(OC2CCCCC2)cc1.Cl. The average Bonchev–Trinajstić information content (AvgIpc) is 2.55. The Labute approximate surface area is 146 Å². The number of rotatable bonds is 7. The van der Waals surface area contributed by atoms with Gasteiger partial charge in [0.2, 0.25) is 5.91 Å². The number of likely N-dealkylation sites (N-methyl/N-ethyl adjacent to an activating group) is 1. The van der Waals surface area contributed by atoms with Gasteiger partial charge >= 0.3 is 0 Å². The molecule has 130 valence electrons. The van der Waals surface area contributed by atoms with Gasteiger partial charge in [0, 0.05) is 5.69 Å². The molecule has 1 saturated carbocycles. The molecular weight excluding hydrogens is 312 g/mol. The van der Waals surface area contributed by atoms with Gasteiger partial charge in [-0.1, -0.05) is 20.3 Å². The van der Waals surface area contributed by atoms with Crippen molar-refractivity contribution in [1.29, 1.82) is 0 Å². The highest BCUT2D eigenvalue weighted by Crippen LogP contribution is 2.24. The third-order valence-corrected chi connectivity index (χ3v) is 4.25. The highest BCUT2D eigenvalue weighted by atomic mass is 35.5. The quantitative estimate of drug-likeness (QED) is 0.812. The lowest BCUT2D eigenvalue weighted by Gasteiger charge is -2.23. The molecule has 1 aromatic rings. The van der Waals surface area contributed by atoms with Crippen LogP contribution in [-0.4, -0.2) is 36.5 Å². The Balaban J connectivity index is 0.00000264. The zero-order valence-corrected chi connectivity index (χ0v) is 15.0.